The van der Waals surface area contributed by atoms with Gasteiger partial charge in [-0.3, -0.25) is 0 Å². The van der Waals surface area contributed by atoms with Gasteiger partial charge in [0, 0.05) is 0 Å². The van der Waals surface area contributed by atoms with E-state index in [0.29, 0.717) is 0 Å². The highest BCUT2D eigenvalue weighted by molar-refractivity contribution is 5.99. The molecule has 1 spiro atoms. The summed E-state index contributed by atoms with van der Waals surface area (Å²) in [5.41, 5.74) is 9.87. The van der Waals surface area contributed by atoms with E-state index >= 15 is 0 Å². The molecule has 0 saturated heterocycles. The van der Waals surface area contributed by atoms with E-state index in [1.165, 1.54) is 44.5 Å². The lowest BCUT2D eigenvalue weighted by Gasteiger charge is -2.32. The van der Waals surface area contributed by atoms with Crippen LogP contribution in [0, 0.1) is 0 Å². The van der Waals surface area contributed by atoms with Gasteiger partial charge in [0.1, 0.15) is 0 Å². The van der Waals surface area contributed by atoms with Crippen LogP contribution in [0.1, 0.15) is 36.1 Å². The molecule has 0 aliphatic heterocycles. The molecule has 0 heteroatoms. The number of allylic oxidation sites excluding steroid dienone is 10. The van der Waals surface area contributed by atoms with Crippen molar-refractivity contribution in [2.75, 3.05) is 0 Å². The summed E-state index contributed by atoms with van der Waals surface area (Å²) in [6, 6.07) is 17.5. The fourth-order valence-electron chi connectivity index (χ4n) is 4.86. The first-order valence-electron chi connectivity index (χ1n) is 9.45. The Morgan fingerprint density at radius 2 is 1.07 bits per heavy atom. The molecule has 0 nitrogen and oxygen atoms in total. The smallest absolute Gasteiger partial charge is 0.0725 e. The van der Waals surface area contributed by atoms with E-state index in [0.717, 1.165) is 0 Å². The van der Waals surface area contributed by atoms with Crippen LogP contribution in [0.2, 0.25) is 0 Å². The van der Waals surface area contributed by atoms with E-state index in [1.54, 1.807) is 0 Å². The van der Waals surface area contributed by atoms with Crippen molar-refractivity contribution in [1.82, 2.24) is 0 Å². The molecule has 0 heterocycles. The van der Waals surface area contributed by atoms with Gasteiger partial charge in [-0.25, -0.2) is 0 Å². The molecule has 4 rings (SSSR count). The zero-order valence-corrected chi connectivity index (χ0v) is 16.0. The summed E-state index contributed by atoms with van der Waals surface area (Å²) in [4.78, 5) is 0. The van der Waals surface area contributed by atoms with Gasteiger partial charge in [0.2, 0.25) is 0 Å². The molecular weight excluding hydrogens is 324 g/mol. The van der Waals surface area contributed by atoms with Gasteiger partial charge in [0.05, 0.1) is 5.41 Å². The molecule has 0 atom stereocenters. The highest BCUT2D eigenvalue weighted by Gasteiger charge is 2.51. The second-order valence-electron chi connectivity index (χ2n) is 6.90. The Kier molecular flexibility index (Phi) is 4.20. The number of hydrogen-bond donors (Lipinski definition) is 0. The van der Waals surface area contributed by atoms with E-state index in [1.807, 2.05) is 12.2 Å². The molecule has 0 unspecified atom stereocenters. The van der Waals surface area contributed by atoms with Gasteiger partial charge in [-0.15, -0.1) is 0 Å². The maximum Gasteiger partial charge on any atom is 0.0725 e. The molecule has 2 aliphatic carbocycles. The van der Waals surface area contributed by atoms with E-state index < -0.39 is 0 Å². The lowest BCUT2D eigenvalue weighted by Crippen LogP contribution is -2.27. The lowest BCUT2D eigenvalue weighted by atomic mass is 9.68. The minimum atomic E-state index is -0.320. The second-order valence-corrected chi connectivity index (χ2v) is 6.90. The summed E-state index contributed by atoms with van der Waals surface area (Å²) < 4.78 is 0. The van der Waals surface area contributed by atoms with Crippen molar-refractivity contribution in [3.05, 3.63) is 132 Å². The predicted molar refractivity (Wildman–Crippen MR) is 118 cm³/mol. The average molecular weight is 348 g/mol. The topological polar surface area (TPSA) is 0 Å². The van der Waals surface area contributed by atoms with Crippen LogP contribution < -0.4 is 0 Å². The van der Waals surface area contributed by atoms with Crippen molar-refractivity contribution in [1.29, 1.82) is 0 Å². The molecule has 0 N–H and O–H groups in total. The fraction of sp³-hybridized carbons (Fsp3) is 0.111. The SMILES string of the molecule is C=CC1=C(/C=C\C)C2(C(/C=C\C)=C(C=C)c3ccccc32)c2ccccc21. The first-order chi connectivity index (χ1) is 13.2. The van der Waals surface area contributed by atoms with E-state index in [9.17, 15) is 0 Å². The maximum absolute atomic E-state index is 4.15. The molecule has 0 saturated carbocycles. The largest absolute Gasteiger partial charge is 0.0984 e. The Bertz CT molecular complexity index is 979. The Labute approximate surface area is 162 Å². The van der Waals surface area contributed by atoms with Crippen molar-refractivity contribution >= 4 is 11.1 Å². The summed E-state index contributed by atoms with van der Waals surface area (Å²) in [6.07, 6.45) is 12.8. The number of rotatable bonds is 4. The molecular formula is C27H24. The van der Waals surface area contributed by atoms with Gasteiger partial charge < -0.3 is 0 Å². The molecule has 2 aromatic carbocycles. The Morgan fingerprint density at radius 3 is 1.44 bits per heavy atom. The van der Waals surface area contributed by atoms with Crippen molar-refractivity contribution in [3.63, 3.8) is 0 Å². The molecule has 0 radical (unpaired) electrons. The van der Waals surface area contributed by atoms with E-state index in [4.69, 9.17) is 0 Å². The molecule has 0 amide bonds. The summed E-state index contributed by atoms with van der Waals surface area (Å²) in [6.45, 7) is 12.5. The van der Waals surface area contributed by atoms with Crippen molar-refractivity contribution < 1.29 is 0 Å². The van der Waals surface area contributed by atoms with Crippen LogP contribution in [-0.2, 0) is 5.41 Å². The van der Waals surface area contributed by atoms with Crippen LogP contribution in [0.15, 0.2) is 109 Å². The van der Waals surface area contributed by atoms with Gasteiger partial charge in [-0.05, 0) is 58.4 Å². The maximum atomic E-state index is 4.15. The van der Waals surface area contributed by atoms with Crippen molar-refractivity contribution in [2.24, 2.45) is 0 Å². The van der Waals surface area contributed by atoms with Crippen LogP contribution >= 0.6 is 0 Å². The van der Waals surface area contributed by atoms with Crippen LogP contribution in [0.3, 0.4) is 0 Å². The van der Waals surface area contributed by atoms with Crippen LogP contribution in [-0.4, -0.2) is 0 Å². The molecule has 0 aromatic heterocycles. The van der Waals surface area contributed by atoms with E-state index in [-0.39, 0.29) is 5.41 Å². The molecule has 2 aliphatic rings. The first kappa shape index (κ1) is 17.3. The predicted octanol–water partition coefficient (Wildman–Crippen LogP) is 7.03. The highest BCUT2D eigenvalue weighted by atomic mass is 14.5. The Morgan fingerprint density at radius 1 is 0.667 bits per heavy atom. The number of benzene rings is 2. The molecule has 0 fully saturated rings. The highest BCUT2D eigenvalue weighted by Crippen LogP contribution is 2.61. The molecule has 27 heavy (non-hydrogen) atoms. The summed E-state index contributed by atoms with van der Waals surface area (Å²) >= 11 is 0. The van der Waals surface area contributed by atoms with Gasteiger partial charge in [0.25, 0.3) is 0 Å². The summed E-state index contributed by atoms with van der Waals surface area (Å²) in [5.74, 6) is 0. The van der Waals surface area contributed by atoms with E-state index in [2.05, 4.69) is 99.8 Å². The summed E-state index contributed by atoms with van der Waals surface area (Å²) in [5, 5.41) is 0. The first-order valence-corrected chi connectivity index (χ1v) is 9.45. The third-order valence-corrected chi connectivity index (χ3v) is 5.71. The minimum Gasteiger partial charge on any atom is -0.0984 e. The summed E-state index contributed by atoms with van der Waals surface area (Å²) in [7, 11) is 0. The van der Waals surface area contributed by atoms with Crippen LogP contribution in [0.25, 0.3) is 11.1 Å². The zero-order valence-electron chi connectivity index (χ0n) is 16.0. The van der Waals surface area contributed by atoms with Gasteiger partial charge in [0.15, 0.2) is 0 Å². The number of fused-ring (bicyclic) bond motifs is 4. The molecule has 132 valence electrons. The average Bonchev–Trinajstić information content (AvgIpc) is 3.14. The monoisotopic (exact) mass is 348 g/mol. The lowest BCUT2D eigenvalue weighted by molar-refractivity contribution is 0.778. The zero-order chi connectivity index (χ0) is 19.0. The quantitative estimate of drug-likeness (QED) is 0.556. The van der Waals surface area contributed by atoms with Crippen LogP contribution in [0.5, 0.6) is 0 Å². The van der Waals surface area contributed by atoms with Gasteiger partial charge in [-0.1, -0.05) is 98.1 Å². The van der Waals surface area contributed by atoms with Crippen molar-refractivity contribution in [3.8, 4) is 0 Å². The van der Waals surface area contributed by atoms with Gasteiger partial charge >= 0.3 is 0 Å². The molecule has 2 aromatic rings. The number of hydrogen-bond acceptors (Lipinski definition) is 0. The fourth-order valence-corrected chi connectivity index (χ4v) is 4.86. The normalized spacial score (nSPS) is 17.3. The van der Waals surface area contributed by atoms with Crippen molar-refractivity contribution in [2.45, 2.75) is 19.3 Å². The minimum absolute atomic E-state index is 0.320. The molecule has 0 bridgehead atoms. The van der Waals surface area contributed by atoms with Gasteiger partial charge in [-0.2, -0.15) is 0 Å². The Hall–Kier alpha value is -3.12. The standard InChI is InChI=1S/C27H24/c1-5-13-23-19(7-3)21-15-9-11-17-25(21)27(23)24(14-6-2)20(8-4)22-16-10-12-18-26(22)27/h5-18H,3-4H2,1-2H3/b13-5-,14-6-. The van der Waals surface area contributed by atoms with Crippen LogP contribution in [0.4, 0.5) is 0 Å². The third kappa shape index (κ3) is 2.10. The third-order valence-electron chi connectivity index (χ3n) is 5.71. The second kappa shape index (κ2) is 6.55. The Balaban J connectivity index is 2.26.